The van der Waals surface area contributed by atoms with E-state index in [4.69, 9.17) is 0 Å². The van der Waals surface area contributed by atoms with Gasteiger partial charge in [0, 0.05) is 29.3 Å². The molecule has 1 saturated heterocycles. The van der Waals surface area contributed by atoms with Crippen molar-refractivity contribution in [1.82, 2.24) is 5.32 Å². The van der Waals surface area contributed by atoms with E-state index in [0.717, 1.165) is 19.0 Å². The summed E-state index contributed by atoms with van der Waals surface area (Å²) in [5.41, 5.74) is 2.82. The molecule has 0 spiro atoms. The van der Waals surface area contributed by atoms with E-state index < -0.39 is 0 Å². The molecule has 3 heteroatoms. The standard InChI is InChI=1S/C17H27BrN2/c1-4-9-19-11-15-7-8-16(18)10-17(15)20-12-13(2)5-6-14(20)3/h7-8,10,13-14,19H,4-6,9,11-12H2,1-3H3. The maximum atomic E-state index is 3.63. The third-order valence-electron chi connectivity index (χ3n) is 4.22. The van der Waals surface area contributed by atoms with E-state index in [1.54, 1.807) is 0 Å². The van der Waals surface area contributed by atoms with Gasteiger partial charge < -0.3 is 10.2 Å². The molecule has 0 radical (unpaired) electrons. The molecule has 0 aromatic heterocycles. The van der Waals surface area contributed by atoms with E-state index in [2.05, 4.69) is 65.1 Å². The highest BCUT2D eigenvalue weighted by molar-refractivity contribution is 9.10. The summed E-state index contributed by atoms with van der Waals surface area (Å²) in [5, 5.41) is 3.53. The molecule has 1 N–H and O–H groups in total. The van der Waals surface area contributed by atoms with Gasteiger partial charge >= 0.3 is 0 Å². The van der Waals surface area contributed by atoms with Gasteiger partial charge in [0.25, 0.3) is 0 Å². The van der Waals surface area contributed by atoms with Gasteiger partial charge in [-0.2, -0.15) is 0 Å². The lowest BCUT2D eigenvalue weighted by atomic mass is 9.93. The van der Waals surface area contributed by atoms with Crippen LogP contribution in [0.15, 0.2) is 22.7 Å². The highest BCUT2D eigenvalue weighted by atomic mass is 79.9. The van der Waals surface area contributed by atoms with Gasteiger partial charge in [-0.3, -0.25) is 0 Å². The fourth-order valence-corrected chi connectivity index (χ4v) is 3.33. The second-order valence-corrected chi connectivity index (χ2v) is 7.05. The van der Waals surface area contributed by atoms with Crippen molar-refractivity contribution in [2.24, 2.45) is 5.92 Å². The number of piperidine rings is 1. The van der Waals surface area contributed by atoms with Crippen LogP contribution in [0, 0.1) is 5.92 Å². The highest BCUT2D eigenvalue weighted by Crippen LogP contribution is 2.32. The van der Waals surface area contributed by atoms with E-state index in [0.29, 0.717) is 6.04 Å². The smallest absolute Gasteiger partial charge is 0.0425 e. The number of nitrogens with zero attached hydrogens (tertiary/aromatic N) is 1. The Labute approximate surface area is 132 Å². The summed E-state index contributed by atoms with van der Waals surface area (Å²) in [4.78, 5) is 2.60. The van der Waals surface area contributed by atoms with Crippen molar-refractivity contribution in [2.75, 3.05) is 18.0 Å². The molecule has 0 bridgehead atoms. The minimum Gasteiger partial charge on any atom is -0.368 e. The Morgan fingerprint density at radius 1 is 1.30 bits per heavy atom. The largest absolute Gasteiger partial charge is 0.368 e. The predicted molar refractivity (Wildman–Crippen MR) is 91.3 cm³/mol. The molecule has 1 heterocycles. The van der Waals surface area contributed by atoms with Gasteiger partial charge in [-0.1, -0.05) is 35.8 Å². The monoisotopic (exact) mass is 338 g/mol. The van der Waals surface area contributed by atoms with Crippen LogP contribution in [-0.4, -0.2) is 19.1 Å². The third-order valence-corrected chi connectivity index (χ3v) is 4.71. The first kappa shape index (κ1) is 15.8. The van der Waals surface area contributed by atoms with Gasteiger partial charge in [-0.25, -0.2) is 0 Å². The summed E-state index contributed by atoms with van der Waals surface area (Å²) in [5.74, 6) is 0.793. The van der Waals surface area contributed by atoms with Gasteiger partial charge in [0.1, 0.15) is 0 Å². The van der Waals surface area contributed by atoms with Gasteiger partial charge in [-0.05, 0) is 56.3 Å². The Morgan fingerprint density at radius 3 is 2.85 bits per heavy atom. The van der Waals surface area contributed by atoms with Crippen molar-refractivity contribution in [3.8, 4) is 0 Å². The Kier molecular flexibility index (Phi) is 5.91. The number of anilines is 1. The molecule has 2 rings (SSSR count). The molecule has 1 aromatic rings. The van der Waals surface area contributed by atoms with Crippen LogP contribution in [0.4, 0.5) is 5.69 Å². The maximum Gasteiger partial charge on any atom is 0.0425 e. The second kappa shape index (κ2) is 7.46. The van der Waals surface area contributed by atoms with Crippen molar-refractivity contribution < 1.29 is 0 Å². The fourth-order valence-electron chi connectivity index (χ4n) is 2.98. The van der Waals surface area contributed by atoms with Gasteiger partial charge in [0.05, 0.1) is 0 Å². The number of halogens is 1. The van der Waals surface area contributed by atoms with Crippen LogP contribution in [0.1, 0.15) is 45.6 Å². The quantitative estimate of drug-likeness (QED) is 0.791. The van der Waals surface area contributed by atoms with Crippen LogP contribution >= 0.6 is 15.9 Å². The molecule has 1 fully saturated rings. The third kappa shape index (κ3) is 3.98. The summed E-state index contributed by atoms with van der Waals surface area (Å²) in [6.45, 7) is 10.2. The minimum atomic E-state index is 0.644. The molecule has 0 saturated carbocycles. The molecule has 1 aromatic carbocycles. The molecule has 1 aliphatic heterocycles. The van der Waals surface area contributed by atoms with Gasteiger partial charge in [-0.15, -0.1) is 0 Å². The van der Waals surface area contributed by atoms with E-state index in [1.165, 1.54) is 41.5 Å². The van der Waals surface area contributed by atoms with Crippen LogP contribution in [0.2, 0.25) is 0 Å². The first-order valence-electron chi connectivity index (χ1n) is 7.87. The van der Waals surface area contributed by atoms with Gasteiger partial charge in [0.15, 0.2) is 0 Å². The maximum absolute atomic E-state index is 3.63. The van der Waals surface area contributed by atoms with Crippen LogP contribution in [0.5, 0.6) is 0 Å². The Balaban J connectivity index is 2.21. The number of benzene rings is 1. The summed E-state index contributed by atoms with van der Waals surface area (Å²) < 4.78 is 1.18. The zero-order valence-electron chi connectivity index (χ0n) is 13.0. The lowest BCUT2D eigenvalue weighted by Gasteiger charge is -2.39. The highest BCUT2D eigenvalue weighted by Gasteiger charge is 2.24. The van der Waals surface area contributed by atoms with Crippen molar-refractivity contribution in [2.45, 2.75) is 52.6 Å². The van der Waals surface area contributed by atoms with Crippen LogP contribution < -0.4 is 10.2 Å². The van der Waals surface area contributed by atoms with Crippen LogP contribution in [0.25, 0.3) is 0 Å². The zero-order valence-corrected chi connectivity index (χ0v) is 14.5. The number of rotatable bonds is 5. The van der Waals surface area contributed by atoms with E-state index in [-0.39, 0.29) is 0 Å². The molecule has 20 heavy (non-hydrogen) atoms. The lowest BCUT2D eigenvalue weighted by Crippen LogP contribution is -2.41. The molecule has 0 aliphatic carbocycles. The van der Waals surface area contributed by atoms with Crippen molar-refractivity contribution in [3.63, 3.8) is 0 Å². The average molecular weight is 339 g/mol. The molecule has 2 unspecified atom stereocenters. The van der Waals surface area contributed by atoms with Crippen LogP contribution in [0.3, 0.4) is 0 Å². The minimum absolute atomic E-state index is 0.644. The van der Waals surface area contributed by atoms with E-state index in [9.17, 15) is 0 Å². The van der Waals surface area contributed by atoms with Crippen molar-refractivity contribution >= 4 is 21.6 Å². The summed E-state index contributed by atoms with van der Waals surface area (Å²) in [7, 11) is 0. The number of hydrogen-bond donors (Lipinski definition) is 1. The first-order valence-corrected chi connectivity index (χ1v) is 8.67. The van der Waals surface area contributed by atoms with E-state index >= 15 is 0 Å². The normalized spacial score (nSPS) is 23.1. The van der Waals surface area contributed by atoms with Crippen molar-refractivity contribution in [1.29, 1.82) is 0 Å². The van der Waals surface area contributed by atoms with Gasteiger partial charge in [0.2, 0.25) is 0 Å². The number of nitrogens with one attached hydrogen (secondary N) is 1. The summed E-state index contributed by atoms with van der Waals surface area (Å²) in [6, 6.07) is 7.35. The topological polar surface area (TPSA) is 15.3 Å². The molecular formula is C17H27BrN2. The van der Waals surface area contributed by atoms with Crippen molar-refractivity contribution in [3.05, 3.63) is 28.2 Å². The number of hydrogen-bond acceptors (Lipinski definition) is 2. The van der Waals surface area contributed by atoms with Crippen LogP contribution in [-0.2, 0) is 6.54 Å². The molecule has 0 amide bonds. The zero-order chi connectivity index (χ0) is 14.5. The van der Waals surface area contributed by atoms with E-state index in [1.807, 2.05) is 0 Å². The Hall–Kier alpha value is -0.540. The molecule has 112 valence electrons. The summed E-state index contributed by atoms with van der Waals surface area (Å²) >= 11 is 3.63. The average Bonchev–Trinajstić information content (AvgIpc) is 2.43. The molecular weight excluding hydrogens is 312 g/mol. The summed E-state index contributed by atoms with van der Waals surface area (Å²) in [6.07, 6.45) is 3.84. The first-order chi connectivity index (χ1) is 9.61. The Morgan fingerprint density at radius 2 is 2.10 bits per heavy atom. The predicted octanol–water partition coefficient (Wildman–Crippen LogP) is 4.57. The molecule has 2 atom stereocenters. The Bertz CT molecular complexity index is 433. The lowest BCUT2D eigenvalue weighted by molar-refractivity contribution is 0.389. The SMILES string of the molecule is CCCNCc1ccc(Br)cc1N1CC(C)CCC1C. The fraction of sp³-hybridized carbons (Fsp3) is 0.647. The molecule has 2 nitrogen and oxygen atoms in total. The second-order valence-electron chi connectivity index (χ2n) is 6.13. The molecule has 1 aliphatic rings.